The predicted molar refractivity (Wildman–Crippen MR) is 44.8 cm³/mol. The van der Waals surface area contributed by atoms with Crippen LogP contribution in [0.2, 0.25) is 0 Å². The van der Waals surface area contributed by atoms with Crippen LogP contribution >= 0.6 is 0 Å². The van der Waals surface area contributed by atoms with Crippen LogP contribution in [-0.4, -0.2) is 6.04 Å². The Morgan fingerprint density at radius 2 is 2.00 bits per heavy atom. The van der Waals surface area contributed by atoms with Crippen molar-refractivity contribution >= 4 is 0 Å². The number of nitrogens with zero attached hydrogens (tertiary/aromatic N) is 1. The molecule has 1 unspecified atom stereocenters. The van der Waals surface area contributed by atoms with Crippen molar-refractivity contribution in [2.24, 2.45) is 0 Å². The molecule has 1 heteroatoms. The lowest BCUT2D eigenvalue weighted by Crippen LogP contribution is -1.93. The van der Waals surface area contributed by atoms with Crippen molar-refractivity contribution in [1.29, 1.82) is 0 Å². The number of rotatable bonds is 5. The van der Waals surface area contributed by atoms with E-state index in [0.717, 1.165) is 6.42 Å². The topological polar surface area (TPSA) is 4.36 Å². The van der Waals surface area contributed by atoms with Gasteiger partial charge in [0.15, 0.2) is 0 Å². The van der Waals surface area contributed by atoms with Gasteiger partial charge in [-0.05, 0) is 6.42 Å². The fraction of sp³-hybridized carbons (Fsp3) is 0.889. The zero-order valence-corrected chi connectivity index (χ0v) is 7.06. The van der Waals surface area contributed by atoms with Crippen molar-refractivity contribution in [3.05, 3.63) is 11.4 Å². The molecule has 0 saturated heterocycles. The van der Waals surface area contributed by atoms with Gasteiger partial charge in [-0.25, -0.2) is 6.57 Å². The molecule has 0 amide bonds. The molecule has 0 bridgehead atoms. The van der Waals surface area contributed by atoms with E-state index in [9.17, 15) is 0 Å². The third-order valence-corrected chi connectivity index (χ3v) is 1.70. The van der Waals surface area contributed by atoms with Gasteiger partial charge in [-0.1, -0.05) is 26.2 Å². The molecule has 0 fully saturated rings. The first kappa shape index (κ1) is 9.49. The van der Waals surface area contributed by atoms with Gasteiger partial charge in [-0.15, -0.1) is 0 Å². The summed E-state index contributed by atoms with van der Waals surface area (Å²) < 4.78 is 0. The summed E-state index contributed by atoms with van der Waals surface area (Å²) in [6.45, 7) is 10.9. The van der Waals surface area contributed by atoms with Crippen LogP contribution in [0.15, 0.2) is 0 Å². The standard InChI is InChI=1S/C9H17N/c1-4-5-6-7-8-9(2)10-3/h9H,4-8H2,1-2H3. The third-order valence-electron chi connectivity index (χ3n) is 1.70. The average Bonchev–Trinajstić information content (AvgIpc) is 1.98. The van der Waals surface area contributed by atoms with Crippen LogP contribution in [0.25, 0.3) is 4.85 Å². The molecule has 0 spiro atoms. The minimum absolute atomic E-state index is 0.247. The van der Waals surface area contributed by atoms with Gasteiger partial charge in [-0.3, -0.25) is 0 Å². The van der Waals surface area contributed by atoms with Gasteiger partial charge in [0.05, 0.1) is 0 Å². The molecule has 0 N–H and O–H groups in total. The third kappa shape index (κ3) is 5.62. The predicted octanol–water partition coefficient (Wildman–Crippen LogP) is 3.26. The van der Waals surface area contributed by atoms with E-state index in [1.807, 2.05) is 6.92 Å². The molecular weight excluding hydrogens is 122 g/mol. The van der Waals surface area contributed by atoms with Gasteiger partial charge < -0.3 is 4.85 Å². The Bertz CT molecular complexity index is 102. The molecule has 0 aromatic rings. The van der Waals surface area contributed by atoms with Gasteiger partial charge in [0.1, 0.15) is 0 Å². The van der Waals surface area contributed by atoms with Gasteiger partial charge in [0.2, 0.25) is 6.04 Å². The second-order valence-corrected chi connectivity index (χ2v) is 2.83. The maximum Gasteiger partial charge on any atom is 0.221 e. The molecule has 10 heavy (non-hydrogen) atoms. The van der Waals surface area contributed by atoms with E-state index >= 15 is 0 Å². The summed E-state index contributed by atoms with van der Waals surface area (Å²) in [5.74, 6) is 0. The molecule has 1 atom stereocenters. The van der Waals surface area contributed by atoms with E-state index in [0.29, 0.717) is 0 Å². The molecule has 0 rings (SSSR count). The van der Waals surface area contributed by atoms with E-state index in [4.69, 9.17) is 6.57 Å². The number of unbranched alkanes of at least 4 members (excludes halogenated alkanes) is 3. The Hall–Kier alpha value is -0.510. The lowest BCUT2D eigenvalue weighted by atomic mass is 10.1. The summed E-state index contributed by atoms with van der Waals surface area (Å²) in [6.07, 6.45) is 6.23. The number of hydrogen-bond acceptors (Lipinski definition) is 0. The van der Waals surface area contributed by atoms with Gasteiger partial charge in [0, 0.05) is 13.3 Å². The highest BCUT2D eigenvalue weighted by atomic mass is 14.7. The average molecular weight is 139 g/mol. The summed E-state index contributed by atoms with van der Waals surface area (Å²) in [6, 6.07) is 0.247. The SMILES string of the molecule is [C-]#[N+]C(C)CCCCCC. The molecule has 0 aliphatic heterocycles. The van der Waals surface area contributed by atoms with Gasteiger partial charge >= 0.3 is 0 Å². The Labute approximate surface area is 64.3 Å². The van der Waals surface area contributed by atoms with E-state index < -0.39 is 0 Å². The number of hydrogen-bond donors (Lipinski definition) is 0. The highest BCUT2D eigenvalue weighted by molar-refractivity contribution is 4.71. The van der Waals surface area contributed by atoms with E-state index in [1.54, 1.807) is 0 Å². The summed E-state index contributed by atoms with van der Waals surface area (Å²) >= 11 is 0. The van der Waals surface area contributed by atoms with Crippen molar-refractivity contribution in [3.8, 4) is 0 Å². The zero-order chi connectivity index (χ0) is 7.82. The van der Waals surface area contributed by atoms with Crippen LogP contribution in [0.3, 0.4) is 0 Å². The lowest BCUT2D eigenvalue weighted by Gasteiger charge is -1.97. The Morgan fingerprint density at radius 3 is 2.50 bits per heavy atom. The maximum absolute atomic E-state index is 6.71. The van der Waals surface area contributed by atoms with Crippen molar-refractivity contribution in [1.82, 2.24) is 0 Å². The highest BCUT2D eigenvalue weighted by Crippen LogP contribution is 2.06. The van der Waals surface area contributed by atoms with Crippen molar-refractivity contribution in [2.45, 2.75) is 52.0 Å². The van der Waals surface area contributed by atoms with E-state index in [1.165, 1.54) is 25.7 Å². The molecule has 1 nitrogen and oxygen atoms in total. The van der Waals surface area contributed by atoms with Crippen LogP contribution < -0.4 is 0 Å². The van der Waals surface area contributed by atoms with Gasteiger partial charge in [0.25, 0.3) is 0 Å². The monoisotopic (exact) mass is 139 g/mol. The minimum Gasteiger partial charge on any atom is -0.314 e. The van der Waals surface area contributed by atoms with Crippen LogP contribution in [0.4, 0.5) is 0 Å². The molecule has 58 valence electrons. The second kappa shape index (κ2) is 6.61. The largest absolute Gasteiger partial charge is 0.314 e. The highest BCUT2D eigenvalue weighted by Gasteiger charge is 2.01. The molecule has 0 radical (unpaired) electrons. The molecule has 0 aliphatic rings. The second-order valence-electron chi connectivity index (χ2n) is 2.83. The van der Waals surface area contributed by atoms with E-state index in [2.05, 4.69) is 11.8 Å². The molecule has 0 saturated carbocycles. The Kier molecular flexibility index (Phi) is 6.27. The Balaban J connectivity index is 2.98. The summed E-state index contributed by atoms with van der Waals surface area (Å²) in [4.78, 5) is 3.44. The molecule has 0 aromatic carbocycles. The van der Waals surface area contributed by atoms with Crippen LogP contribution in [-0.2, 0) is 0 Å². The van der Waals surface area contributed by atoms with Crippen molar-refractivity contribution < 1.29 is 0 Å². The first-order valence-corrected chi connectivity index (χ1v) is 4.17. The molecular formula is C9H17N. The summed E-state index contributed by atoms with van der Waals surface area (Å²) in [5, 5.41) is 0. The van der Waals surface area contributed by atoms with Crippen LogP contribution in [0.5, 0.6) is 0 Å². The normalized spacial score (nSPS) is 12.5. The fourth-order valence-corrected chi connectivity index (χ4v) is 0.931. The first-order chi connectivity index (χ1) is 4.81. The minimum atomic E-state index is 0.247. The zero-order valence-electron chi connectivity index (χ0n) is 7.06. The lowest BCUT2D eigenvalue weighted by molar-refractivity contribution is 0.608. The van der Waals surface area contributed by atoms with Crippen LogP contribution in [0.1, 0.15) is 46.0 Å². The maximum atomic E-state index is 6.71. The molecule has 0 aromatic heterocycles. The summed E-state index contributed by atoms with van der Waals surface area (Å²) in [7, 11) is 0. The Morgan fingerprint density at radius 1 is 1.30 bits per heavy atom. The summed E-state index contributed by atoms with van der Waals surface area (Å²) in [5.41, 5.74) is 0. The molecule has 0 heterocycles. The molecule has 0 aliphatic carbocycles. The quantitative estimate of drug-likeness (QED) is 0.407. The van der Waals surface area contributed by atoms with Crippen LogP contribution in [0, 0.1) is 6.57 Å². The smallest absolute Gasteiger partial charge is 0.221 e. The van der Waals surface area contributed by atoms with Crippen molar-refractivity contribution in [2.75, 3.05) is 0 Å². The van der Waals surface area contributed by atoms with Gasteiger partial charge in [-0.2, -0.15) is 0 Å². The first-order valence-electron chi connectivity index (χ1n) is 4.17. The fourth-order valence-electron chi connectivity index (χ4n) is 0.931. The van der Waals surface area contributed by atoms with E-state index in [-0.39, 0.29) is 6.04 Å². The van der Waals surface area contributed by atoms with Crippen molar-refractivity contribution in [3.63, 3.8) is 0 Å².